The topological polar surface area (TPSA) is 38.0 Å². The van der Waals surface area contributed by atoms with Crippen molar-refractivity contribution in [2.45, 2.75) is 12.8 Å². The van der Waals surface area contributed by atoms with Crippen molar-refractivity contribution in [2.24, 2.45) is 5.84 Å². The monoisotopic (exact) mass is 120 g/mol. The third-order valence-corrected chi connectivity index (χ3v) is 1.18. The standard InChI is InChI=1S/C4H13N2P/c5-6-3-1-2-4-7/h6H,1-5,7H2. The fourth-order valence-electron chi connectivity index (χ4n) is 0.371. The summed E-state index contributed by atoms with van der Waals surface area (Å²) in [4.78, 5) is 0. The second-order valence-corrected chi connectivity index (χ2v) is 2.03. The van der Waals surface area contributed by atoms with E-state index in [1.807, 2.05) is 0 Å². The van der Waals surface area contributed by atoms with Crippen LogP contribution in [0.5, 0.6) is 0 Å². The molecule has 0 aliphatic rings. The maximum Gasteiger partial charge on any atom is 0.00975 e. The molecule has 0 fully saturated rings. The highest BCUT2D eigenvalue weighted by Gasteiger charge is 1.79. The molecule has 0 aromatic heterocycles. The normalized spacial score (nSPS) is 9.43. The van der Waals surface area contributed by atoms with Gasteiger partial charge in [0.2, 0.25) is 0 Å². The van der Waals surface area contributed by atoms with E-state index in [-0.39, 0.29) is 0 Å². The van der Waals surface area contributed by atoms with Gasteiger partial charge in [-0.3, -0.25) is 11.3 Å². The van der Waals surface area contributed by atoms with Crippen LogP contribution in [-0.4, -0.2) is 12.7 Å². The number of unbranched alkanes of at least 4 members (excludes halogenated alkanes) is 1. The van der Waals surface area contributed by atoms with Gasteiger partial charge < -0.3 is 0 Å². The molecule has 0 aromatic carbocycles. The van der Waals surface area contributed by atoms with Crippen molar-refractivity contribution in [3.8, 4) is 0 Å². The molecule has 0 aliphatic carbocycles. The molecule has 0 aromatic rings. The van der Waals surface area contributed by atoms with Gasteiger partial charge in [0, 0.05) is 6.54 Å². The van der Waals surface area contributed by atoms with Crippen LogP contribution < -0.4 is 11.3 Å². The van der Waals surface area contributed by atoms with Crippen LogP contribution in [-0.2, 0) is 0 Å². The van der Waals surface area contributed by atoms with Crippen LogP contribution in [0.15, 0.2) is 0 Å². The summed E-state index contributed by atoms with van der Waals surface area (Å²) in [6.45, 7) is 0.939. The Morgan fingerprint density at radius 1 is 1.43 bits per heavy atom. The van der Waals surface area contributed by atoms with Gasteiger partial charge in [0.1, 0.15) is 0 Å². The molecule has 1 unspecified atom stereocenters. The number of rotatable bonds is 4. The molecule has 44 valence electrons. The van der Waals surface area contributed by atoms with Gasteiger partial charge in [-0.15, -0.1) is 9.24 Å². The largest absolute Gasteiger partial charge is 0.271 e. The van der Waals surface area contributed by atoms with E-state index >= 15 is 0 Å². The summed E-state index contributed by atoms with van der Waals surface area (Å²) in [6, 6.07) is 0. The van der Waals surface area contributed by atoms with E-state index in [1.54, 1.807) is 0 Å². The Labute approximate surface area is 47.0 Å². The number of nitrogens with one attached hydrogen (secondary N) is 1. The molecule has 1 atom stereocenters. The molecule has 0 aliphatic heterocycles. The highest BCUT2D eigenvalue weighted by atomic mass is 31.0. The zero-order valence-corrected chi connectivity index (χ0v) is 5.64. The smallest absolute Gasteiger partial charge is 0.00975 e. The molecule has 0 saturated heterocycles. The molecule has 7 heavy (non-hydrogen) atoms. The minimum atomic E-state index is 0.939. The Morgan fingerprint density at radius 3 is 2.57 bits per heavy atom. The quantitative estimate of drug-likeness (QED) is 0.239. The van der Waals surface area contributed by atoms with Crippen LogP contribution in [0.4, 0.5) is 0 Å². The summed E-state index contributed by atoms with van der Waals surface area (Å²) in [5.74, 6) is 5.01. The summed E-state index contributed by atoms with van der Waals surface area (Å²) in [5.41, 5.74) is 2.59. The lowest BCUT2D eigenvalue weighted by Gasteiger charge is -1.93. The van der Waals surface area contributed by atoms with Crippen LogP contribution in [0, 0.1) is 0 Å². The maximum atomic E-state index is 5.01. The summed E-state index contributed by atoms with van der Waals surface area (Å²) in [6.07, 6.45) is 3.61. The third kappa shape index (κ3) is 6.35. The lowest BCUT2D eigenvalue weighted by Crippen LogP contribution is -2.22. The molecule has 0 heterocycles. The van der Waals surface area contributed by atoms with E-state index in [4.69, 9.17) is 5.84 Å². The average molecular weight is 120 g/mol. The first-order valence-corrected chi connectivity index (χ1v) is 3.37. The van der Waals surface area contributed by atoms with Crippen molar-refractivity contribution >= 4 is 9.24 Å². The van der Waals surface area contributed by atoms with Crippen LogP contribution in [0.25, 0.3) is 0 Å². The van der Waals surface area contributed by atoms with E-state index in [2.05, 4.69) is 14.7 Å². The fraction of sp³-hybridized carbons (Fsp3) is 1.00. The first-order chi connectivity index (χ1) is 3.41. The minimum Gasteiger partial charge on any atom is -0.271 e. The highest BCUT2D eigenvalue weighted by molar-refractivity contribution is 7.16. The van der Waals surface area contributed by atoms with Crippen LogP contribution >= 0.6 is 9.24 Å². The van der Waals surface area contributed by atoms with E-state index in [0.29, 0.717) is 0 Å². The Hall–Kier alpha value is 0.350. The Morgan fingerprint density at radius 2 is 2.14 bits per heavy atom. The molecule has 0 radical (unpaired) electrons. The molecule has 0 saturated carbocycles. The van der Waals surface area contributed by atoms with E-state index in [0.717, 1.165) is 6.54 Å². The first kappa shape index (κ1) is 7.35. The molecule has 0 spiro atoms. The van der Waals surface area contributed by atoms with Crippen LogP contribution in [0.1, 0.15) is 12.8 Å². The molecule has 3 N–H and O–H groups in total. The van der Waals surface area contributed by atoms with Gasteiger partial charge in [0.05, 0.1) is 0 Å². The molecule has 0 rings (SSSR count). The maximum absolute atomic E-state index is 5.01. The number of hydrogen-bond donors (Lipinski definition) is 2. The van der Waals surface area contributed by atoms with Gasteiger partial charge in [-0.25, -0.2) is 0 Å². The van der Waals surface area contributed by atoms with Crippen LogP contribution in [0.3, 0.4) is 0 Å². The first-order valence-electron chi connectivity index (χ1n) is 2.55. The molecule has 3 heteroatoms. The van der Waals surface area contributed by atoms with Gasteiger partial charge in [0.25, 0.3) is 0 Å². The Balaban J connectivity index is 2.45. The van der Waals surface area contributed by atoms with Gasteiger partial charge in [-0.2, -0.15) is 0 Å². The number of hydrazine groups is 1. The zero-order chi connectivity index (χ0) is 5.54. The highest BCUT2D eigenvalue weighted by Crippen LogP contribution is 1.90. The SMILES string of the molecule is NNCCCCP. The number of nitrogens with two attached hydrogens (primary N) is 1. The molecule has 2 nitrogen and oxygen atoms in total. The van der Waals surface area contributed by atoms with E-state index in [9.17, 15) is 0 Å². The van der Waals surface area contributed by atoms with Gasteiger partial charge in [-0.1, -0.05) is 0 Å². The van der Waals surface area contributed by atoms with Gasteiger partial charge >= 0.3 is 0 Å². The van der Waals surface area contributed by atoms with Crippen LogP contribution in [0.2, 0.25) is 0 Å². The lowest BCUT2D eigenvalue weighted by molar-refractivity contribution is 0.672. The van der Waals surface area contributed by atoms with Crippen molar-refractivity contribution in [1.82, 2.24) is 5.43 Å². The number of hydrogen-bond acceptors (Lipinski definition) is 2. The molecular weight excluding hydrogens is 107 g/mol. The second kappa shape index (κ2) is 6.35. The summed E-state index contributed by atoms with van der Waals surface area (Å²) in [7, 11) is 2.68. The minimum absolute atomic E-state index is 0.939. The predicted molar refractivity (Wildman–Crippen MR) is 36.0 cm³/mol. The summed E-state index contributed by atoms with van der Waals surface area (Å²) < 4.78 is 0. The molecule has 0 amide bonds. The van der Waals surface area contributed by atoms with E-state index in [1.165, 1.54) is 19.0 Å². The van der Waals surface area contributed by atoms with Crippen molar-refractivity contribution in [3.05, 3.63) is 0 Å². The Kier molecular flexibility index (Phi) is 6.67. The van der Waals surface area contributed by atoms with E-state index < -0.39 is 0 Å². The summed E-state index contributed by atoms with van der Waals surface area (Å²) in [5, 5.41) is 0. The average Bonchev–Trinajstić information content (AvgIpc) is 1.69. The predicted octanol–water partition coefficient (Wildman–Crippen LogP) is 0.105. The fourth-order valence-corrected chi connectivity index (χ4v) is 0.660. The van der Waals surface area contributed by atoms with Crippen molar-refractivity contribution < 1.29 is 0 Å². The van der Waals surface area contributed by atoms with Gasteiger partial charge in [0.15, 0.2) is 0 Å². The third-order valence-electron chi connectivity index (χ3n) is 0.775. The van der Waals surface area contributed by atoms with Crippen molar-refractivity contribution in [2.75, 3.05) is 12.7 Å². The molecule has 0 bridgehead atoms. The van der Waals surface area contributed by atoms with Gasteiger partial charge in [-0.05, 0) is 19.0 Å². The zero-order valence-electron chi connectivity index (χ0n) is 4.48. The Bertz CT molecular complexity index is 28.9. The lowest BCUT2D eigenvalue weighted by atomic mass is 10.3. The van der Waals surface area contributed by atoms with Crippen molar-refractivity contribution in [3.63, 3.8) is 0 Å². The molecular formula is C4H13N2P. The summed E-state index contributed by atoms with van der Waals surface area (Å²) >= 11 is 0. The van der Waals surface area contributed by atoms with Crippen molar-refractivity contribution in [1.29, 1.82) is 0 Å². The second-order valence-electron chi connectivity index (χ2n) is 1.45.